The van der Waals surface area contributed by atoms with Crippen LogP contribution in [-0.4, -0.2) is 49.1 Å². The highest BCUT2D eigenvalue weighted by atomic mass is 32.2. The summed E-state index contributed by atoms with van der Waals surface area (Å²) < 4.78 is 23.3. The summed E-state index contributed by atoms with van der Waals surface area (Å²) in [5.41, 5.74) is 1.55. The zero-order valence-corrected chi connectivity index (χ0v) is 15.4. The number of nitrogens with zero attached hydrogens (tertiary/aromatic N) is 2. The van der Waals surface area contributed by atoms with Crippen LogP contribution in [0.15, 0.2) is 24.3 Å². The number of thioether (sulfide) groups is 1. The number of nitriles is 1. The first-order valence-corrected chi connectivity index (χ1v) is 11.0. The molecule has 0 aromatic heterocycles. The molecule has 1 heterocycles. The highest BCUT2D eigenvalue weighted by Gasteiger charge is 2.34. The third-order valence-electron chi connectivity index (χ3n) is 4.05. The normalized spacial score (nSPS) is 18.9. The van der Waals surface area contributed by atoms with Crippen LogP contribution in [0.5, 0.6) is 0 Å². The number of sulfone groups is 1. The number of rotatable bonds is 7. The topological polar surface area (TPSA) is 78.2 Å². The summed E-state index contributed by atoms with van der Waals surface area (Å²) in [4.78, 5) is 14.3. The second-order valence-electron chi connectivity index (χ2n) is 5.91. The van der Waals surface area contributed by atoms with Gasteiger partial charge in [-0.3, -0.25) is 4.79 Å². The maximum absolute atomic E-state index is 12.5. The lowest BCUT2D eigenvalue weighted by Crippen LogP contribution is -2.42. The molecule has 0 bridgehead atoms. The van der Waals surface area contributed by atoms with Gasteiger partial charge in [-0.15, -0.1) is 11.8 Å². The molecule has 1 aromatic carbocycles. The number of hydrogen-bond acceptors (Lipinski definition) is 5. The van der Waals surface area contributed by atoms with Gasteiger partial charge >= 0.3 is 0 Å². The third kappa shape index (κ3) is 4.99. The fourth-order valence-electron chi connectivity index (χ4n) is 2.86. The maximum Gasteiger partial charge on any atom is 0.232 e. The first kappa shape index (κ1) is 18.8. The average molecular weight is 367 g/mol. The lowest BCUT2D eigenvalue weighted by molar-refractivity contribution is -0.130. The molecule has 5 nitrogen and oxygen atoms in total. The average Bonchev–Trinajstić information content (AvgIpc) is 2.92. The predicted octanol–water partition coefficient (Wildman–Crippen LogP) is 2.22. The van der Waals surface area contributed by atoms with Gasteiger partial charge in [-0.25, -0.2) is 8.42 Å². The standard InChI is InChI=1S/C17H22N2O3S2/c1-2-8-19(16-7-9-24(21,22)13-16)17(20)12-23-11-15-6-4-3-5-14(15)10-18/h3-6,16H,2,7-9,11-13H2,1H3/t16-/m1/s1. The highest BCUT2D eigenvalue weighted by molar-refractivity contribution is 7.99. The van der Waals surface area contributed by atoms with Crippen LogP contribution in [0.25, 0.3) is 0 Å². The first-order chi connectivity index (χ1) is 11.5. The number of hydrogen-bond donors (Lipinski definition) is 0. The molecule has 0 spiro atoms. The van der Waals surface area contributed by atoms with E-state index in [1.165, 1.54) is 11.8 Å². The van der Waals surface area contributed by atoms with E-state index in [4.69, 9.17) is 5.26 Å². The Balaban J connectivity index is 1.93. The summed E-state index contributed by atoms with van der Waals surface area (Å²) in [6.45, 7) is 2.58. The van der Waals surface area contributed by atoms with Crippen molar-refractivity contribution in [3.05, 3.63) is 35.4 Å². The predicted molar refractivity (Wildman–Crippen MR) is 96.4 cm³/mol. The van der Waals surface area contributed by atoms with Gasteiger partial charge in [-0.05, 0) is 24.5 Å². The monoisotopic (exact) mass is 366 g/mol. The quantitative estimate of drug-likeness (QED) is 0.739. The molecule has 1 aliphatic heterocycles. The Labute approximate surface area is 148 Å². The first-order valence-electron chi connectivity index (χ1n) is 8.02. The van der Waals surface area contributed by atoms with E-state index in [-0.39, 0.29) is 23.5 Å². The van der Waals surface area contributed by atoms with Gasteiger partial charge in [0.2, 0.25) is 5.91 Å². The minimum atomic E-state index is -3.00. The summed E-state index contributed by atoms with van der Waals surface area (Å²) in [5, 5.41) is 9.09. The molecule has 1 atom stereocenters. The lowest BCUT2D eigenvalue weighted by atomic mass is 10.1. The van der Waals surface area contributed by atoms with Crippen molar-refractivity contribution in [1.29, 1.82) is 5.26 Å². The fraction of sp³-hybridized carbons (Fsp3) is 0.529. The maximum atomic E-state index is 12.5. The van der Waals surface area contributed by atoms with Crippen molar-refractivity contribution in [1.82, 2.24) is 4.90 Å². The Morgan fingerprint density at radius 2 is 2.17 bits per heavy atom. The van der Waals surface area contributed by atoms with Crippen LogP contribution in [0.4, 0.5) is 0 Å². The van der Waals surface area contributed by atoms with E-state index < -0.39 is 9.84 Å². The van der Waals surface area contributed by atoms with E-state index >= 15 is 0 Å². The summed E-state index contributed by atoms with van der Waals surface area (Å²) in [7, 11) is -3.00. The molecule has 0 aliphatic carbocycles. The number of amides is 1. The SMILES string of the molecule is CCCN(C(=O)CSCc1ccccc1C#N)[C@@H]1CCS(=O)(=O)C1. The molecule has 1 fully saturated rings. The molecule has 0 unspecified atom stereocenters. The molecule has 130 valence electrons. The molecule has 0 N–H and O–H groups in total. The van der Waals surface area contributed by atoms with E-state index in [1.807, 2.05) is 25.1 Å². The molecule has 24 heavy (non-hydrogen) atoms. The molecular weight excluding hydrogens is 344 g/mol. The Bertz CT molecular complexity index is 726. The minimum Gasteiger partial charge on any atom is -0.338 e. The molecule has 0 radical (unpaired) electrons. The van der Waals surface area contributed by atoms with Crippen LogP contribution in [-0.2, 0) is 20.4 Å². The van der Waals surface area contributed by atoms with Gasteiger partial charge in [0.05, 0.1) is 28.9 Å². The van der Waals surface area contributed by atoms with Crippen LogP contribution < -0.4 is 0 Å². The van der Waals surface area contributed by atoms with Crippen molar-refractivity contribution in [3.63, 3.8) is 0 Å². The van der Waals surface area contributed by atoms with Crippen molar-refractivity contribution in [2.75, 3.05) is 23.8 Å². The molecule has 0 saturated carbocycles. The van der Waals surface area contributed by atoms with Crippen molar-refractivity contribution in [2.24, 2.45) is 0 Å². The van der Waals surface area contributed by atoms with E-state index in [0.717, 1.165) is 12.0 Å². The van der Waals surface area contributed by atoms with E-state index in [0.29, 0.717) is 30.0 Å². The highest BCUT2D eigenvalue weighted by Crippen LogP contribution is 2.21. The van der Waals surface area contributed by atoms with E-state index in [2.05, 4.69) is 6.07 Å². The van der Waals surface area contributed by atoms with Crippen molar-refractivity contribution in [3.8, 4) is 6.07 Å². The van der Waals surface area contributed by atoms with Gasteiger partial charge in [0.15, 0.2) is 9.84 Å². The molecule has 1 amide bonds. The van der Waals surface area contributed by atoms with Gasteiger partial charge in [-0.1, -0.05) is 25.1 Å². The second kappa shape index (κ2) is 8.54. The van der Waals surface area contributed by atoms with Gasteiger partial charge in [-0.2, -0.15) is 5.26 Å². The third-order valence-corrected chi connectivity index (χ3v) is 6.77. The molecule has 1 aromatic rings. The van der Waals surface area contributed by atoms with E-state index in [1.54, 1.807) is 11.0 Å². The number of carbonyl (C=O) groups excluding carboxylic acids is 1. The second-order valence-corrected chi connectivity index (χ2v) is 9.12. The van der Waals surface area contributed by atoms with Gasteiger partial charge in [0, 0.05) is 18.3 Å². The summed E-state index contributed by atoms with van der Waals surface area (Å²) in [6.07, 6.45) is 1.35. The summed E-state index contributed by atoms with van der Waals surface area (Å²) in [6, 6.07) is 9.33. The van der Waals surface area contributed by atoms with Crippen LogP contribution in [0.1, 0.15) is 30.9 Å². The van der Waals surface area contributed by atoms with Crippen LogP contribution in [0.2, 0.25) is 0 Å². The van der Waals surface area contributed by atoms with Crippen molar-refractivity contribution >= 4 is 27.5 Å². The van der Waals surface area contributed by atoms with Gasteiger partial charge in [0.25, 0.3) is 0 Å². The zero-order chi connectivity index (χ0) is 17.6. The molecule has 7 heteroatoms. The Hall–Kier alpha value is -1.52. The Morgan fingerprint density at radius 1 is 1.42 bits per heavy atom. The molecule has 1 aliphatic rings. The van der Waals surface area contributed by atoms with E-state index in [9.17, 15) is 13.2 Å². The number of benzene rings is 1. The largest absolute Gasteiger partial charge is 0.338 e. The smallest absolute Gasteiger partial charge is 0.232 e. The molecular formula is C17H22N2O3S2. The molecule has 2 rings (SSSR count). The summed E-state index contributed by atoms with van der Waals surface area (Å²) in [5.74, 6) is 1.14. The lowest BCUT2D eigenvalue weighted by Gasteiger charge is -2.27. The van der Waals surface area contributed by atoms with Crippen molar-refractivity contribution < 1.29 is 13.2 Å². The van der Waals surface area contributed by atoms with Crippen LogP contribution in [0.3, 0.4) is 0 Å². The summed E-state index contributed by atoms with van der Waals surface area (Å²) >= 11 is 1.47. The van der Waals surface area contributed by atoms with Crippen LogP contribution >= 0.6 is 11.8 Å². The van der Waals surface area contributed by atoms with Gasteiger partial charge in [0.1, 0.15) is 0 Å². The zero-order valence-electron chi connectivity index (χ0n) is 13.8. The minimum absolute atomic E-state index is 0.0154. The molecule has 1 saturated heterocycles. The van der Waals surface area contributed by atoms with Crippen molar-refractivity contribution in [2.45, 2.75) is 31.6 Å². The number of carbonyl (C=O) groups is 1. The van der Waals surface area contributed by atoms with Gasteiger partial charge < -0.3 is 4.90 Å². The Kier molecular flexibility index (Phi) is 6.69. The fourth-order valence-corrected chi connectivity index (χ4v) is 5.50. The van der Waals surface area contributed by atoms with Crippen LogP contribution in [0, 0.1) is 11.3 Å². The Morgan fingerprint density at radius 3 is 2.79 bits per heavy atom.